The summed E-state index contributed by atoms with van der Waals surface area (Å²) in [5.74, 6) is -0.144. The molecule has 1 aromatic rings. The number of aryl methyl sites for hydroxylation is 1. The van der Waals surface area contributed by atoms with Crippen molar-refractivity contribution in [3.63, 3.8) is 0 Å². The maximum Gasteiger partial charge on any atom is 0.253 e. The van der Waals surface area contributed by atoms with E-state index in [-0.39, 0.29) is 10.8 Å². The van der Waals surface area contributed by atoms with E-state index >= 15 is 0 Å². The van der Waals surface area contributed by atoms with Crippen molar-refractivity contribution >= 4 is 15.9 Å². The van der Waals surface area contributed by atoms with Gasteiger partial charge in [-0.3, -0.25) is 4.79 Å². The van der Waals surface area contributed by atoms with Gasteiger partial charge in [-0.15, -0.1) is 0 Å². The number of amides is 1. The van der Waals surface area contributed by atoms with Gasteiger partial charge in [0.15, 0.2) is 0 Å². The standard InChI is InChI=1S/C18H28N2O4S/c1-4-6-9-19(3)18(21)16-8-7-15(5-2)17(14-16)25(22,23)20-10-12-24-13-11-20/h7-8,14H,4-6,9-13H2,1-3H3. The van der Waals surface area contributed by atoms with E-state index in [2.05, 4.69) is 6.92 Å². The van der Waals surface area contributed by atoms with Gasteiger partial charge >= 0.3 is 0 Å². The summed E-state index contributed by atoms with van der Waals surface area (Å²) in [7, 11) is -1.87. The first kappa shape index (κ1) is 19.9. The van der Waals surface area contributed by atoms with E-state index in [1.807, 2.05) is 6.92 Å². The Labute approximate surface area is 150 Å². The Balaban J connectivity index is 2.35. The van der Waals surface area contributed by atoms with Gasteiger partial charge in [-0.05, 0) is 30.5 Å². The predicted molar refractivity (Wildman–Crippen MR) is 97.3 cm³/mol. The number of benzene rings is 1. The molecule has 0 aliphatic carbocycles. The molecule has 140 valence electrons. The molecule has 0 aromatic heterocycles. The summed E-state index contributed by atoms with van der Waals surface area (Å²) >= 11 is 0. The fraction of sp³-hybridized carbons (Fsp3) is 0.611. The highest BCUT2D eigenvalue weighted by Gasteiger charge is 2.29. The molecule has 0 N–H and O–H groups in total. The summed E-state index contributed by atoms with van der Waals surface area (Å²) in [6.07, 6.45) is 2.52. The molecule has 0 spiro atoms. The molecular formula is C18H28N2O4S. The third kappa shape index (κ3) is 4.59. The van der Waals surface area contributed by atoms with Crippen LogP contribution in [0.3, 0.4) is 0 Å². The van der Waals surface area contributed by atoms with Crippen LogP contribution >= 0.6 is 0 Å². The SMILES string of the molecule is CCCCN(C)C(=O)c1ccc(CC)c(S(=O)(=O)N2CCOCC2)c1. The van der Waals surface area contributed by atoms with Crippen molar-refractivity contribution in [1.29, 1.82) is 0 Å². The fourth-order valence-corrected chi connectivity index (χ4v) is 4.59. The molecule has 2 rings (SSSR count). The first-order valence-electron chi connectivity index (χ1n) is 8.88. The van der Waals surface area contributed by atoms with E-state index in [0.29, 0.717) is 44.8 Å². The number of hydrogen-bond donors (Lipinski definition) is 0. The van der Waals surface area contributed by atoms with Gasteiger partial charge in [-0.1, -0.05) is 26.3 Å². The lowest BCUT2D eigenvalue weighted by molar-refractivity contribution is 0.0730. The van der Waals surface area contributed by atoms with Crippen LogP contribution in [-0.2, 0) is 21.2 Å². The van der Waals surface area contributed by atoms with E-state index < -0.39 is 10.0 Å². The summed E-state index contributed by atoms with van der Waals surface area (Å²) in [5, 5.41) is 0. The molecule has 1 aliphatic rings. The number of carbonyl (C=O) groups is 1. The Hall–Kier alpha value is -1.44. The summed E-state index contributed by atoms with van der Waals surface area (Å²) in [6, 6.07) is 5.02. The first-order chi connectivity index (χ1) is 11.9. The third-order valence-corrected chi connectivity index (χ3v) is 6.46. The van der Waals surface area contributed by atoms with Crippen molar-refractivity contribution in [3.05, 3.63) is 29.3 Å². The zero-order valence-corrected chi connectivity index (χ0v) is 16.1. The molecule has 7 heteroatoms. The van der Waals surface area contributed by atoms with Crippen molar-refractivity contribution < 1.29 is 17.9 Å². The molecule has 1 saturated heterocycles. The van der Waals surface area contributed by atoms with Gasteiger partial charge in [0, 0.05) is 32.2 Å². The molecule has 6 nitrogen and oxygen atoms in total. The van der Waals surface area contributed by atoms with Crippen LogP contribution in [0.4, 0.5) is 0 Å². The highest BCUT2D eigenvalue weighted by Crippen LogP contribution is 2.24. The van der Waals surface area contributed by atoms with Crippen molar-refractivity contribution in [2.45, 2.75) is 38.0 Å². The zero-order chi connectivity index (χ0) is 18.4. The number of carbonyl (C=O) groups excluding carboxylic acids is 1. The number of rotatable bonds is 7. The highest BCUT2D eigenvalue weighted by molar-refractivity contribution is 7.89. The number of nitrogens with zero attached hydrogens (tertiary/aromatic N) is 2. The van der Waals surface area contributed by atoms with E-state index in [0.717, 1.165) is 18.4 Å². The van der Waals surface area contributed by atoms with Crippen molar-refractivity contribution in [2.75, 3.05) is 39.9 Å². The molecule has 25 heavy (non-hydrogen) atoms. The maximum absolute atomic E-state index is 13.0. The summed E-state index contributed by atoms with van der Waals surface area (Å²) in [5.41, 5.74) is 1.15. The van der Waals surface area contributed by atoms with E-state index in [9.17, 15) is 13.2 Å². The Bertz CT molecular complexity index is 697. The Morgan fingerprint density at radius 2 is 1.92 bits per heavy atom. The fourth-order valence-electron chi connectivity index (χ4n) is 2.86. The monoisotopic (exact) mass is 368 g/mol. The molecule has 0 bridgehead atoms. The van der Waals surface area contributed by atoms with Crippen LogP contribution in [0, 0.1) is 0 Å². The molecule has 1 heterocycles. The quantitative estimate of drug-likeness (QED) is 0.740. The predicted octanol–water partition coefficient (Wildman–Crippen LogP) is 2.14. The van der Waals surface area contributed by atoms with Gasteiger partial charge < -0.3 is 9.64 Å². The smallest absolute Gasteiger partial charge is 0.253 e. The summed E-state index contributed by atoms with van der Waals surface area (Å²) in [4.78, 5) is 14.5. The number of unbranched alkanes of at least 4 members (excludes halogenated alkanes) is 1. The molecule has 1 fully saturated rings. The van der Waals surface area contributed by atoms with Gasteiger partial charge in [-0.2, -0.15) is 4.31 Å². The molecule has 1 amide bonds. The van der Waals surface area contributed by atoms with Gasteiger partial charge in [0.05, 0.1) is 18.1 Å². The van der Waals surface area contributed by atoms with Crippen LogP contribution < -0.4 is 0 Å². The van der Waals surface area contributed by atoms with E-state index in [4.69, 9.17) is 4.74 Å². The Morgan fingerprint density at radius 3 is 2.52 bits per heavy atom. The Kier molecular flexibility index (Phi) is 6.98. The summed E-state index contributed by atoms with van der Waals surface area (Å²) in [6.45, 7) is 6.15. The highest BCUT2D eigenvalue weighted by atomic mass is 32.2. The molecule has 1 aromatic carbocycles. The van der Waals surface area contributed by atoms with Gasteiger partial charge in [-0.25, -0.2) is 8.42 Å². The minimum Gasteiger partial charge on any atom is -0.379 e. The van der Waals surface area contributed by atoms with Crippen molar-refractivity contribution in [3.8, 4) is 0 Å². The average molecular weight is 368 g/mol. The lowest BCUT2D eigenvalue weighted by atomic mass is 10.1. The molecule has 1 aliphatic heterocycles. The average Bonchev–Trinajstić information content (AvgIpc) is 2.65. The summed E-state index contributed by atoms with van der Waals surface area (Å²) < 4.78 is 32.8. The molecule has 0 atom stereocenters. The lowest BCUT2D eigenvalue weighted by Crippen LogP contribution is -2.41. The lowest BCUT2D eigenvalue weighted by Gasteiger charge is -2.27. The minimum absolute atomic E-state index is 0.144. The molecule has 0 radical (unpaired) electrons. The number of ether oxygens (including phenoxy) is 1. The largest absolute Gasteiger partial charge is 0.379 e. The topological polar surface area (TPSA) is 66.9 Å². The maximum atomic E-state index is 13.0. The van der Waals surface area contributed by atoms with E-state index in [1.165, 1.54) is 10.4 Å². The van der Waals surface area contributed by atoms with Gasteiger partial charge in [0.25, 0.3) is 5.91 Å². The zero-order valence-electron chi connectivity index (χ0n) is 15.3. The third-order valence-electron chi connectivity index (χ3n) is 4.48. The van der Waals surface area contributed by atoms with Crippen LogP contribution in [0.15, 0.2) is 23.1 Å². The first-order valence-corrected chi connectivity index (χ1v) is 10.3. The number of hydrogen-bond acceptors (Lipinski definition) is 4. The van der Waals surface area contributed by atoms with Crippen LogP contribution in [0.1, 0.15) is 42.6 Å². The van der Waals surface area contributed by atoms with Crippen LogP contribution in [0.2, 0.25) is 0 Å². The second-order valence-electron chi connectivity index (χ2n) is 6.27. The van der Waals surface area contributed by atoms with Crippen LogP contribution in [0.25, 0.3) is 0 Å². The van der Waals surface area contributed by atoms with Crippen molar-refractivity contribution in [2.24, 2.45) is 0 Å². The van der Waals surface area contributed by atoms with Crippen molar-refractivity contribution in [1.82, 2.24) is 9.21 Å². The second kappa shape index (κ2) is 8.78. The minimum atomic E-state index is -3.62. The van der Waals surface area contributed by atoms with Gasteiger partial charge in [0.1, 0.15) is 0 Å². The van der Waals surface area contributed by atoms with Gasteiger partial charge in [0.2, 0.25) is 10.0 Å². The second-order valence-corrected chi connectivity index (χ2v) is 8.18. The number of sulfonamides is 1. The normalized spacial score (nSPS) is 16.0. The Morgan fingerprint density at radius 1 is 1.24 bits per heavy atom. The molecular weight excluding hydrogens is 340 g/mol. The molecule has 0 saturated carbocycles. The van der Waals surface area contributed by atoms with E-state index in [1.54, 1.807) is 24.1 Å². The van der Waals surface area contributed by atoms with Crippen LogP contribution in [-0.4, -0.2) is 63.4 Å². The number of morpholine rings is 1. The molecule has 0 unspecified atom stereocenters. The van der Waals surface area contributed by atoms with Crippen LogP contribution in [0.5, 0.6) is 0 Å².